The predicted octanol–water partition coefficient (Wildman–Crippen LogP) is 3.72. The summed E-state index contributed by atoms with van der Waals surface area (Å²) in [5.41, 5.74) is 2.56. The number of rotatable bonds is 11. The third-order valence-electron chi connectivity index (χ3n) is 3.91. The normalized spacial score (nSPS) is 11.9. The molecule has 0 aromatic heterocycles. The molecule has 0 heterocycles. The second-order valence-corrected chi connectivity index (χ2v) is 6.02. The van der Waals surface area contributed by atoms with Gasteiger partial charge in [0.1, 0.15) is 6.04 Å². The zero-order chi connectivity index (χ0) is 17.1. The van der Waals surface area contributed by atoms with Gasteiger partial charge in [-0.2, -0.15) is 0 Å². The summed E-state index contributed by atoms with van der Waals surface area (Å²) in [7, 11) is 0. The molecule has 1 aromatic carbocycles. The molecule has 0 fully saturated rings. The lowest BCUT2D eigenvalue weighted by molar-refractivity contribution is -0.142. The molecule has 0 aliphatic heterocycles. The van der Waals surface area contributed by atoms with Gasteiger partial charge in [-0.1, -0.05) is 57.4 Å². The van der Waals surface area contributed by atoms with E-state index in [1.165, 1.54) is 11.1 Å². The van der Waals surface area contributed by atoms with Crippen LogP contribution in [-0.4, -0.2) is 23.0 Å². The summed E-state index contributed by atoms with van der Waals surface area (Å²) in [6, 6.07) is 7.76. The first-order valence-corrected chi connectivity index (χ1v) is 8.66. The van der Waals surface area contributed by atoms with Gasteiger partial charge >= 0.3 is 5.97 Å². The first-order chi connectivity index (χ1) is 11.1. The maximum absolute atomic E-state index is 11.9. The first kappa shape index (κ1) is 19.2. The predicted molar refractivity (Wildman–Crippen MR) is 92.5 cm³/mol. The molecule has 0 saturated heterocycles. The molecule has 0 aliphatic rings. The molecular formula is C19H29NO3. The number of carbonyl (C=O) groups excluding carboxylic acids is 1. The van der Waals surface area contributed by atoms with E-state index >= 15 is 0 Å². The van der Waals surface area contributed by atoms with Gasteiger partial charge in [0.2, 0.25) is 5.91 Å². The fourth-order valence-corrected chi connectivity index (χ4v) is 2.55. The molecule has 0 saturated carbocycles. The number of nitrogens with one attached hydrogen (secondary N) is 1. The lowest BCUT2D eigenvalue weighted by atomic mass is 10.0. The number of hydrogen-bond donors (Lipinski definition) is 2. The molecule has 1 atom stereocenters. The van der Waals surface area contributed by atoms with Crippen LogP contribution in [0.15, 0.2) is 24.3 Å². The molecule has 0 spiro atoms. The Hall–Kier alpha value is -1.84. The number of carboxylic acids is 1. The third kappa shape index (κ3) is 7.82. The molecule has 2 N–H and O–H groups in total. The summed E-state index contributed by atoms with van der Waals surface area (Å²) in [4.78, 5) is 23.0. The molecule has 4 nitrogen and oxygen atoms in total. The Morgan fingerprint density at radius 2 is 1.61 bits per heavy atom. The summed E-state index contributed by atoms with van der Waals surface area (Å²) in [6.45, 7) is 4.17. The minimum absolute atomic E-state index is 0.170. The molecule has 23 heavy (non-hydrogen) atoms. The Labute approximate surface area is 139 Å². The smallest absolute Gasteiger partial charge is 0.326 e. The van der Waals surface area contributed by atoms with E-state index in [1.807, 2.05) is 6.92 Å². The van der Waals surface area contributed by atoms with Gasteiger partial charge < -0.3 is 10.4 Å². The van der Waals surface area contributed by atoms with Crippen LogP contribution in [0, 0.1) is 0 Å². The molecule has 1 amide bonds. The summed E-state index contributed by atoms with van der Waals surface area (Å²) < 4.78 is 0. The van der Waals surface area contributed by atoms with Crippen molar-refractivity contribution < 1.29 is 14.7 Å². The molecule has 0 radical (unpaired) electrons. The quantitative estimate of drug-likeness (QED) is 0.653. The van der Waals surface area contributed by atoms with E-state index in [1.54, 1.807) is 0 Å². The van der Waals surface area contributed by atoms with E-state index in [2.05, 4.69) is 36.5 Å². The van der Waals surface area contributed by atoms with Crippen molar-refractivity contribution in [1.29, 1.82) is 0 Å². The Bertz CT molecular complexity index is 482. The molecule has 1 rings (SSSR count). The number of carbonyl (C=O) groups is 2. The van der Waals surface area contributed by atoms with Gasteiger partial charge in [-0.25, -0.2) is 4.79 Å². The van der Waals surface area contributed by atoms with Crippen LogP contribution in [0.1, 0.15) is 63.5 Å². The summed E-state index contributed by atoms with van der Waals surface area (Å²) in [5, 5.41) is 11.7. The van der Waals surface area contributed by atoms with Crippen molar-refractivity contribution in [3.63, 3.8) is 0 Å². The number of unbranched alkanes of at least 4 members (excludes halogenated alkanes) is 1. The van der Waals surface area contributed by atoms with Gasteiger partial charge in [-0.05, 0) is 36.8 Å². The number of aliphatic carboxylic acids is 1. The van der Waals surface area contributed by atoms with E-state index in [0.717, 1.165) is 38.5 Å². The van der Waals surface area contributed by atoms with Crippen LogP contribution in [0.3, 0.4) is 0 Å². The first-order valence-electron chi connectivity index (χ1n) is 8.66. The molecule has 0 bridgehead atoms. The number of benzene rings is 1. The highest BCUT2D eigenvalue weighted by atomic mass is 16.4. The zero-order valence-corrected chi connectivity index (χ0v) is 14.3. The van der Waals surface area contributed by atoms with Crippen LogP contribution in [-0.2, 0) is 22.4 Å². The van der Waals surface area contributed by atoms with Crippen LogP contribution >= 0.6 is 0 Å². The summed E-state index contributed by atoms with van der Waals surface area (Å²) >= 11 is 0. The van der Waals surface area contributed by atoms with Crippen molar-refractivity contribution in [1.82, 2.24) is 5.32 Å². The number of carboxylic acid groups (broad SMARTS) is 1. The summed E-state index contributed by atoms with van der Waals surface area (Å²) in [6.07, 6.45) is 6.41. The van der Waals surface area contributed by atoms with Gasteiger partial charge in [-0.3, -0.25) is 4.79 Å². The van der Waals surface area contributed by atoms with Crippen molar-refractivity contribution in [2.24, 2.45) is 0 Å². The Kier molecular flexibility index (Phi) is 9.03. The van der Waals surface area contributed by atoms with E-state index in [9.17, 15) is 9.59 Å². The van der Waals surface area contributed by atoms with Crippen LogP contribution < -0.4 is 5.32 Å². The molecule has 4 heteroatoms. The minimum Gasteiger partial charge on any atom is -0.480 e. The second-order valence-electron chi connectivity index (χ2n) is 6.02. The van der Waals surface area contributed by atoms with Crippen molar-refractivity contribution in [3.8, 4) is 0 Å². The maximum atomic E-state index is 11.9. The van der Waals surface area contributed by atoms with Gasteiger partial charge in [-0.15, -0.1) is 0 Å². The monoisotopic (exact) mass is 319 g/mol. The van der Waals surface area contributed by atoms with Crippen LogP contribution in [0.25, 0.3) is 0 Å². The zero-order valence-electron chi connectivity index (χ0n) is 14.3. The molecule has 1 unspecified atom stereocenters. The Morgan fingerprint density at radius 3 is 2.13 bits per heavy atom. The molecule has 128 valence electrons. The Morgan fingerprint density at radius 1 is 1.00 bits per heavy atom. The fourth-order valence-electron chi connectivity index (χ4n) is 2.55. The van der Waals surface area contributed by atoms with Crippen molar-refractivity contribution >= 4 is 11.9 Å². The highest BCUT2D eigenvalue weighted by Crippen LogP contribution is 2.10. The number of aryl methyl sites for hydroxylation is 2. The minimum atomic E-state index is -0.946. The summed E-state index contributed by atoms with van der Waals surface area (Å²) in [5.74, 6) is -1.12. The van der Waals surface area contributed by atoms with Crippen LogP contribution in [0.2, 0.25) is 0 Å². The lowest BCUT2D eigenvalue weighted by Crippen LogP contribution is -2.40. The highest BCUT2D eigenvalue weighted by Gasteiger charge is 2.18. The lowest BCUT2D eigenvalue weighted by Gasteiger charge is -2.14. The van der Waals surface area contributed by atoms with E-state index in [-0.39, 0.29) is 5.91 Å². The van der Waals surface area contributed by atoms with E-state index in [0.29, 0.717) is 12.8 Å². The van der Waals surface area contributed by atoms with E-state index < -0.39 is 12.0 Å². The maximum Gasteiger partial charge on any atom is 0.326 e. The molecular weight excluding hydrogens is 290 g/mol. The molecule has 0 aliphatic carbocycles. The SMILES string of the molecule is CCCCC(NC(=O)CCCc1ccc(CCC)cc1)C(=O)O. The van der Waals surface area contributed by atoms with Crippen LogP contribution in [0.5, 0.6) is 0 Å². The third-order valence-corrected chi connectivity index (χ3v) is 3.91. The topological polar surface area (TPSA) is 66.4 Å². The fraction of sp³-hybridized carbons (Fsp3) is 0.579. The van der Waals surface area contributed by atoms with Gasteiger partial charge in [0.05, 0.1) is 0 Å². The average molecular weight is 319 g/mol. The second kappa shape index (κ2) is 10.8. The number of amides is 1. The standard InChI is InChI=1S/C19H29NO3/c1-3-5-9-17(19(22)23)20-18(21)10-6-8-16-13-11-15(7-4-2)12-14-16/h11-14,17H,3-10H2,1-2H3,(H,20,21)(H,22,23). The van der Waals surface area contributed by atoms with Gasteiger partial charge in [0, 0.05) is 6.42 Å². The number of hydrogen-bond acceptors (Lipinski definition) is 2. The van der Waals surface area contributed by atoms with Crippen molar-refractivity contribution in [2.75, 3.05) is 0 Å². The Balaban J connectivity index is 2.33. The van der Waals surface area contributed by atoms with Crippen molar-refractivity contribution in [3.05, 3.63) is 35.4 Å². The van der Waals surface area contributed by atoms with Gasteiger partial charge in [0.25, 0.3) is 0 Å². The van der Waals surface area contributed by atoms with E-state index in [4.69, 9.17) is 5.11 Å². The van der Waals surface area contributed by atoms with Crippen LogP contribution in [0.4, 0.5) is 0 Å². The molecule has 1 aromatic rings. The largest absolute Gasteiger partial charge is 0.480 e. The highest BCUT2D eigenvalue weighted by molar-refractivity contribution is 5.83. The van der Waals surface area contributed by atoms with Crippen molar-refractivity contribution in [2.45, 2.75) is 71.3 Å². The average Bonchev–Trinajstić information content (AvgIpc) is 2.53. The van der Waals surface area contributed by atoms with Gasteiger partial charge in [0.15, 0.2) is 0 Å².